The fourth-order valence-corrected chi connectivity index (χ4v) is 4.65. The number of aromatic nitrogens is 2. The number of hydrogen-bond donors (Lipinski definition) is 0. The monoisotopic (exact) mass is 400 g/mol. The third-order valence-electron chi connectivity index (χ3n) is 4.31. The number of unbranched alkanes of at least 4 members (excludes halogenated alkanes) is 2. The Balaban J connectivity index is 1.81. The zero-order valence-corrected chi connectivity index (χ0v) is 17.5. The summed E-state index contributed by atoms with van der Waals surface area (Å²) in [6.07, 6.45) is 4.68. The number of carbonyl (C=O) groups is 1. The second-order valence-corrected chi connectivity index (χ2v) is 8.70. The van der Waals surface area contributed by atoms with E-state index in [0.717, 1.165) is 45.6 Å². The summed E-state index contributed by atoms with van der Waals surface area (Å²) in [7, 11) is 0. The zero-order chi connectivity index (χ0) is 19.2. The first-order chi connectivity index (χ1) is 13.1. The molecule has 4 nitrogen and oxygen atoms in total. The summed E-state index contributed by atoms with van der Waals surface area (Å²) in [4.78, 5) is 22.1. The summed E-state index contributed by atoms with van der Waals surface area (Å²) in [5, 5.41) is 3.65. The van der Waals surface area contributed by atoms with Gasteiger partial charge in [-0.25, -0.2) is 9.97 Å². The molecule has 3 rings (SSSR count). The minimum atomic E-state index is -0.310. The van der Waals surface area contributed by atoms with Gasteiger partial charge in [-0.2, -0.15) is 0 Å². The Labute approximate surface area is 168 Å². The second-order valence-electron chi connectivity index (χ2n) is 6.51. The summed E-state index contributed by atoms with van der Waals surface area (Å²) in [6.45, 7) is 6.57. The number of rotatable bonds is 8. The van der Waals surface area contributed by atoms with Crippen molar-refractivity contribution in [2.75, 3.05) is 6.61 Å². The predicted molar refractivity (Wildman–Crippen MR) is 113 cm³/mol. The number of thioether (sulfide) groups is 1. The van der Waals surface area contributed by atoms with E-state index in [4.69, 9.17) is 4.74 Å². The van der Waals surface area contributed by atoms with Gasteiger partial charge in [-0.1, -0.05) is 61.4 Å². The van der Waals surface area contributed by atoms with Gasteiger partial charge in [0.05, 0.1) is 12.0 Å². The van der Waals surface area contributed by atoms with Gasteiger partial charge >= 0.3 is 5.97 Å². The Bertz CT molecular complexity index is 906. The minimum absolute atomic E-state index is 0.185. The van der Waals surface area contributed by atoms with E-state index in [1.54, 1.807) is 17.7 Å². The number of thiophene rings is 1. The minimum Gasteiger partial charge on any atom is -0.465 e. The van der Waals surface area contributed by atoms with Crippen LogP contribution in [0.5, 0.6) is 0 Å². The molecule has 0 saturated heterocycles. The van der Waals surface area contributed by atoms with Crippen LogP contribution in [0, 0.1) is 6.92 Å². The maximum Gasteiger partial charge on any atom is 0.319 e. The molecule has 0 radical (unpaired) electrons. The van der Waals surface area contributed by atoms with Crippen LogP contribution in [-0.4, -0.2) is 27.8 Å². The lowest BCUT2D eigenvalue weighted by Gasteiger charge is -2.12. The first-order valence-electron chi connectivity index (χ1n) is 9.22. The number of aryl methyl sites for hydroxylation is 1. The molecule has 0 unspecified atom stereocenters. The molecule has 27 heavy (non-hydrogen) atoms. The van der Waals surface area contributed by atoms with E-state index in [1.165, 1.54) is 17.3 Å². The van der Waals surface area contributed by atoms with Gasteiger partial charge < -0.3 is 4.74 Å². The molecule has 142 valence electrons. The fourth-order valence-electron chi connectivity index (χ4n) is 2.74. The number of hydrogen-bond acceptors (Lipinski definition) is 6. The average molecular weight is 401 g/mol. The Morgan fingerprint density at radius 2 is 2.00 bits per heavy atom. The molecule has 0 N–H and O–H groups in total. The highest BCUT2D eigenvalue weighted by molar-refractivity contribution is 8.00. The maximum atomic E-state index is 12.3. The van der Waals surface area contributed by atoms with Crippen molar-refractivity contribution in [3.05, 3.63) is 41.5 Å². The first-order valence-corrected chi connectivity index (χ1v) is 11.0. The predicted octanol–water partition coefficient (Wildman–Crippen LogP) is 5.88. The second kappa shape index (κ2) is 9.33. The lowest BCUT2D eigenvalue weighted by atomic mass is 10.1. The van der Waals surface area contributed by atoms with E-state index in [9.17, 15) is 4.79 Å². The van der Waals surface area contributed by atoms with Crippen LogP contribution in [0.4, 0.5) is 0 Å². The molecule has 0 fully saturated rings. The molecule has 2 heterocycles. The standard InChI is InChI=1S/C21H24N2O2S2/c1-4-5-6-11-25-21(24)15(3)27-20-18-17(12-26-19(18)22-13-23-20)16-9-7-14(2)8-10-16/h7-10,12-13,15H,4-6,11H2,1-3H3/t15-/m0/s1. The normalized spacial score (nSPS) is 12.3. The van der Waals surface area contributed by atoms with Crippen molar-refractivity contribution in [3.8, 4) is 11.1 Å². The van der Waals surface area contributed by atoms with E-state index in [-0.39, 0.29) is 11.2 Å². The summed E-state index contributed by atoms with van der Waals surface area (Å²) in [5.41, 5.74) is 3.48. The van der Waals surface area contributed by atoms with Crippen LogP contribution >= 0.6 is 23.1 Å². The summed E-state index contributed by atoms with van der Waals surface area (Å²) in [5.74, 6) is -0.185. The Morgan fingerprint density at radius 1 is 1.22 bits per heavy atom. The van der Waals surface area contributed by atoms with Crippen LogP contribution in [0.15, 0.2) is 41.0 Å². The van der Waals surface area contributed by atoms with Gasteiger partial charge in [0.1, 0.15) is 21.4 Å². The topological polar surface area (TPSA) is 52.1 Å². The molecule has 0 aliphatic rings. The summed E-state index contributed by atoms with van der Waals surface area (Å²) >= 11 is 3.04. The van der Waals surface area contributed by atoms with Gasteiger partial charge in [0.25, 0.3) is 0 Å². The van der Waals surface area contributed by atoms with Gasteiger partial charge in [-0.3, -0.25) is 4.79 Å². The molecule has 0 saturated carbocycles. The molecule has 0 spiro atoms. The van der Waals surface area contributed by atoms with E-state index in [2.05, 4.69) is 53.5 Å². The van der Waals surface area contributed by atoms with Crippen molar-refractivity contribution >= 4 is 39.3 Å². The quantitative estimate of drug-likeness (QED) is 0.204. The SMILES string of the molecule is CCCCCOC(=O)[C@H](C)Sc1ncnc2scc(-c3ccc(C)cc3)c12. The van der Waals surface area contributed by atoms with Crippen molar-refractivity contribution in [3.63, 3.8) is 0 Å². The number of ether oxygens (including phenoxy) is 1. The van der Waals surface area contributed by atoms with Crippen LogP contribution in [0.25, 0.3) is 21.3 Å². The third-order valence-corrected chi connectivity index (χ3v) is 6.28. The molecular weight excluding hydrogens is 376 g/mol. The molecule has 3 aromatic rings. The molecule has 2 aromatic heterocycles. The van der Waals surface area contributed by atoms with Crippen LogP contribution in [-0.2, 0) is 9.53 Å². The third kappa shape index (κ3) is 4.87. The fraction of sp³-hybridized carbons (Fsp3) is 0.381. The highest BCUT2D eigenvalue weighted by Crippen LogP contribution is 2.39. The van der Waals surface area contributed by atoms with Crippen LogP contribution in [0.2, 0.25) is 0 Å². The van der Waals surface area contributed by atoms with Gasteiger partial charge in [-0.05, 0) is 25.8 Å². The van der Waals surface area contributed by atoms with E-state index < -0.39 is 0 Å². The van der Waals surface area contributed by atoms with Crippen molar-refractivity contribution in [2.45, 2.75) is 50.3 Å². The number of carbonyl (C=O) groups excluding carboxylic acids is 1. The van der Waals surface area contributed by atoms with Crippen LogP contribution in [0.3, 0.4) is 0 Å². The molecule has 1 atom stereocenters. The van der Waals surface area contributed by atoms with Crippen molar-refractivity contribution in [1.82, 2.24) is 9.97 Å². The Morgan fingerprint density at radius 3 is 2.74 bits per heavy atom. The van der Waals surface area contributed by atoms with Crippen LogP contribution in [0.1, 0.15) is 38.7 Å². The average Bonchev–Trinajstić information content (AvgIpc) is 3.11. The van der Waals surface area contributed by atoms with Crippen molar-refractivity contribution in [2.24, 2.45) is 0 Å². The van der Waals surface area contributed by atoms with E-state index >= 15 is 0 Å². The van der Waals surface area contributed by atoms with E-state index in [1.807, 2.05) is 6.92 Å². The van der Waals surface area contributed by atoms with Crippen molar-refractivity contribution in [1.29, 1.82) is 0 Å². The molecule has 0 aliphatic carbocycles. The number of nitrogens with zero attached hydrogens (tertiary/aromatic N) is 2. The van der Waals surface area contributed by atoms with Gasteiger partial charge in [0.15, 0.2) is 0 Å². The summed E-state index contributed by atoms with van der Waals surface area (Å²) < 4.78 is 5.40. The molecule has 6 heteroatoms. The maximum absolute atomic E-state index is 12.3. The lowest BCUT2D eigenvalue weighted by molar-refractivity contribution is -0.142. The number of benzene rings is 1. The molecular formula is C21H24N2O2S2. The molecule has 0 amide bonds. The van der Waals surface area contributed by atoms with Crippen LogP contribution < -0.4 is 0 Å². The highest BCUT2D eigenvalue weighted by Gasteiger charge is 2.20. The molecule has 0 aliphatic heterocycles. The number of fused-ring (bicyclic) bond motifs is 1. The molecule has 0 bridgehead atoms. The zero-order valence-electron chi connectivity index (χ0n) is 15.9. The highest BCUT2D eigenvalue weighted by atomic mass is 32.2. The summed E-state index contributed by atoms with van der Waals surface area (Å²) in [6, 6.07) is 8.44. The van der Waals surface area contributed by atoms with Crippen molar-refractivity contribution < 1.29 is 9.53 Å². The smallest absolute Gasteiger partial charge is 0.319 e. The van der Waals surface area contributed by atoms with Gasteiger partial charge in [0.2, 0.25) is 0 Å². The van der Waals surface area contributed by atoms with Gasteiger partial charge in [0, 0.05) is 10.9 Å². The molecule has 1 aromatic carbocycles. The Kier molecular flexibility index (Phi) is 6.85. The Hall–Kier alpha value is -1.92. The first kappa shape index (κ1) is 19.8. The lowest BCUT2D eigenvalue weighted by Crippen LogP contribution is -2.17. The number of esters is 1. The van der Waals surface area contributed by atoms with Gasteiger partial charge in [-0.15, -0.1) is 11.3 Å². The van der Waals surface area contributed by atoms with E-state index in [0.29, 0.717) is 6.61 Å². The largest absolute Gasteiger partial charge is 0.465 e.